The van der Waals surface area contributed by atoms with Crippen LogP contribution in [0.3, 0.4) is 0 Å². The Morgan fingerprint density at radius 3 is 2.96 bits per heavy atom. The van der Waals surface area contributed by atoms with Gasteiger partial charge in [0.15, 0.2) is 0 Å². The highest BCUT2D eigenvalue weighted by molar-refractivity contribution is 5.94. The molecule has 1 aliphatic rings. The average Bonchev–Trinajstić information content (AvgIpc) is 3.22. The summed E-state index contributed by atoms with van der Waals surface area (Å²) < 4.78 is 1.49. The Morgan fingerprint density at radius 1 is 1.23 bits per heavy atom. The zero-order valence-corrected chi connectivity index (χ0v) is 14.2. The van der Waals surface area contributed by atoms with Gasteiger partial charge in [0, 0.05) is 5.56 Å². The van der Waals surface area contributed by atoms with Crippen LogP contribution in [0.25, 0.3) is 5.69 Å². The molecule has 1 amide bonds. The molecule has 3 aromatic rings. The third-order valence-electron chi connectivity index (χ3n) is 4.82. The van der Waals surface area contributed by atoms with Gasteiger partial charge in [-0.1, -0.05) is 30.3 Å². The highest BCUT2D eigenvalue weighted by Gasteiger charge is 2.34. The third kappa shape index (κ3) is 3.09. The molecule has 1 heterocycles. The summed E-state index contributed by atoms with van der Waals surface area (Å²) in [6, 6.07) is 14.9. The van der Waals surface area contributed by atoms with Gasteiger partial charge in [-0.2, -0.15) is 0 Å². The predicted octanol–water partition coefficient (Wildman–Crippen LogP) is 1.62. The number of hydrogen-bond acceptors (Lipinski definition) is 5. The summed E-state index contributed by atoms with van der Waals surface area (Å²) in [6.45, 7) is 0.179. The van der Waals surface area contributed by atoms with Gasteiger partial charge in [0.1, 0.15) is 11.9 Å². The van der Waals surface area contributed by atoms with Gasteiger partial charge in [-0.25, -0.2) is 4.68 Å². The second-order valence-electron chi connectivity index (χ2n) is 6.53. The van der Waals surface area contributed by atoms with E-state index in [0.717, 1.165) is 24.0 Å². The van der Waals surface area contributed by atoms with Gasteiger partial charge in [-0.05, 0) is 59.0 Å². The first-order chi connectivity index (χ1) is 12.7. The van der Waals surface area contributed by atoms with Crippen molar-refractivity contribution >= 4 is 5.91 Å². The van der Waals surface area contributed by atoms with Crippen molar-refractivity contribution in [3.8, 4) is 5.69 Å². The fourth-order valence-electron chi connectivity index (χ4n) is 3.48. The van der Waals surface area contributed by atoms with Gasteiger partial charge in [0.2, 0.25) is 0 Å². The van der Waals surface area contributed by atoms with E-state index in [2.05, 4.69) is 20.8 Å². The Bertz CT molecular complexity index is 925. The number of tetrazole rings is 1. The Hall–Kier alpha value is -3.06. The van der Waals surface area contributed by atoms with Crippen LogP contribution in [0.5, 0.6) is 0 Å². The lowest BCUT2D eigenvalue weighted by molar-refractivity contribution is 0.0189. The maximum atomic E-state index is 12.6. The summed E-state index contributed by atoms with van der Waals surface area (Å²) in [5, 5.41) is 25.0. The summed E-state index contributed by atoms with van der Waals surface area (Å²) in [7, 11) is 0. The van der Waals surface area contributed by atoms with Gasteiger partial charge in [0.05, 0.1) is 12.2 Å². The first-order valence-corrected chi connectivity index (χ1v) is 8.58. The second-order valence-corrected chi connectivity index (χ2v) is 6.53. The first kappa shape index (κ1) is 16.4. The molecule has 0 aliphatic heterocycles. The Balaban J connectivity index is 1.51. The quantitative estimate of drug-likeness (QED) is 0.747. The van der Waals surface area contributed by atoms with E-state index >= 15 is 0 Å². The van der Waals surface area contributed by atoms with E-state index < -0.39 is 5.60 Å². The van der Waals surface area contributed by atoms with Gasteiger partial charge in [0.25, 0.3) is 5.91 Å². The summed E-state index contributed by atoms with van der Waals surface area (Å²) >= 11 is 0. The van der Waals surface area contributed by atoms with Gasteiger partial charge >= 0.3 is 0 Å². The number of nitrogens with one attached hydrogen (secondary N) is 1. The van der Waals surface area contributed by atoms with Gasteiger partial charge in [-0.15, -0.1) is 5.10 Å². The smallest absolute Gasteiger partial charge is 0.251 e. The summed E-state index contributed by atoms with van der Waals surface area (Å²) in [6.07, 6.45) is 3.96. The molecule has 0 spiro atoms. The molecule has 1 atom stereocenters. The summed E-state index contributed by atoms with van der Waals surface area (Å²) in [5.74, 6) is -0.239. The van der Waals surface area contributed by atoms with Crippen molar-refractivity contribution in [2.45, 2.75) is 24.9 Å². The molecule has 0 fully saturated rings. The number of carbonyl (C=O) groups excluding carboxylic acids is 1. The SMILES string of the molecule is O=C(NCC1(O)CCCc2ccccc21)c1cccc(-n2cnnn2)c1. The minimum absolute atomic E-state index is 0.179. The normalized spacial score (nSPS) is 19.0. The molecule has 4 rings (SSSR count). The summed E-state index contributed by atoms with van der Waals surface area (Å²) in [5.41, 5.74) is 2.22. The molecular weight excluding hydrogens is 330 g/mol. The molecule has 0 radical (unpaired) electrons. The van der Waals surface area contributed by atoms with Crippen molar-refractivity contribution in [3.05, 3.63) is 71.5 Å². The topological polar surface area (TPSA) is 92.9 Å². The van der Waals surface area contributed by atoms with Crippen molar-refractivity contribution in [3.63, 3.8) is 0 Å². The molecule has 1 aliphatic carbocycles. The predicted molar refractivity (Wildman–Crippen MR) is 94.8 cm³/mol. The molecule has 7 heteroatoms. The van der Waals surface area contributed by atoms with Crippen LogP contribution in [0, 0.1) is 0 Å². The Morgan fingerprint density at radius 2 is 2.12 bits per heavy atom. The number of carbonyl (C=O) groups is 1. The number of nitrogens with zero attached hydrogens (tertiary/aromatic N) is 4. The second kappa shape index (κ2) is 6.68. The van der Waals surface area contributed by atoms with Crippen LogP contribution in [-0.4, -0.2) is 37.8 Å². The van der Waals surface area contributed by atoms with E-state index in [9.17, 15) is 9.90 Å². The van der Waals surface area contributed by atoms with E-state index in [-0.39, 0.29) is 12.5 Å². The molecule has 7 nitrogen and oxygen atoms in total. The van der Waals surface area contributed by atoms with Crippen molar-refractivity contribution in [1.29, 1.82) is 0 Å². The number of amides is 1. The zero-order chi connectivity index (χ0) is 18.0. The maximum Gasteiger partial charge on any atom is 0.251 e. The van der Waals surface area contributed by atoms with Gasteiger partial charge in [-0.3, -0.25) is 4.79 Å². The highest BCUT2D eigenvalue weighted by Crippen LogP contribution is 2.34. The Labute approximate surface area is 150 Å². The highest BCUT2D eigenvalue weighted by atomic mass is 16.3. The van der Waals surface area contributed by atoms with Crippen LogP contribution in [-0.2, 0) is 12.0 Å². The van der Waals surface area contributed by atoms with Crippen LogP contribution in [0.4, 0.5) is 0 Å². The lowest BCUT2D eigenvalue weighted by atomic mass is 9.79. The van der Waals surface area contributed by atoms with E-state index in [0.29, 0.717) is 17.7 Å². The minimum atomic E-state index is -1.03. The average molecular weight is 349 g/mol. The Kier molecular flexibility index (Phi) is 4.22. The number of aromatic nitrogens is 4. The van der Waals surface area contributed by atoms with Crippen LogP contribution in [0.1, 0.15) is 34.3 Å². The fourth-order valence-corrected chi connectivity index (χ4v) is 3.48. The number of rotatable bonds is 4. The number of aryl methyl sites for hydroxylation is 1. The lowest BCUT2D eigenvalue weighted by Gasteiger charge is -2.34. The molecular formula is C19H19N5O2. The van der Waals surface area contributed by atoms with E-state index in [4.69, 9.17) is 0 Å². The maximum absolute atomic E-state index is 12.6. The van der Waals surface area contributed by atoms with Gasteiger partial charge < -0.3 is 10.4 Å². The molecule has 0 saturated carbocycles. The molecule has 1 unspecified atom stereocenters. The molecule has 26 heavy (non-hydrogen) atoms. The minimum Gasteiger partial charge on any atom is -0.383 e. The van der Waals surface area contributed by atoms with Crippen LogP contribution < -0.4 is 5.32 Å². The molecule has 2 N–H and O–H groups in total. The number of hydrogen-bond donors (Lipinski definition) is 2. The monoisotopic (exact) mass is 349 g/mol. The van der Waals surface area contributed by atoms with Crippen molar-refractivity contribution in [2.24, 2.45) is 0 Å². The standard InChI is InChI=1S/C19H19N5O2/c25-18(15-6-3-8-16(11-15)24-13-21-22-23-24)20-12-19(26)10-4-7-14-5-1-2-9-17(14)19/h1-3,5-6,8-9,11,13,26H,4,7,10,12H2,(H,20,25). The zero-order valence-electron chi connectivity index (χ0n) is 14.2. The molecule has 0 bridgehead atoms. The van der Waals surface area contributed by atoms with Crippen molar-refractivity contribution in [2.75, 3.05) is 6.54 Å². The van der Waals surface area contributed by atoms with E-state index in [1.807, 2.05) is 30.3 Å². The van der Waals surface area contributed by atoms with Crippen LogP contribution in [0.15, 0.2) is 54.9 Å². The molecule has 2 aromatic carbocycles. The van der Waals surface area contributed by atoms with E-state index in [1.165, 1.54) is 11.0 Å². The third-order valence-corrected chi connectivity index (χ3v) is 4.82. The first-order valence-electron chi connectivity index (χ1n) is 8.58. The molecule has 0 saturated heterocycles. The van der Waals surface area contributed by atoms with Crippen molar-refractivity contribution < 1.29 is 9.90 Å². The van der Waals surface area contributed by atoms with Crippen LogP contribution in [0.2, 0.25) is 0 Å². The van der Waals surface area contributed by atoms with E-state index in [1.54, 1.807) is 18.2 Å². The number of fused-ring (bicyclic) bond motifs is 1. The molecule has 132 valence electrons. The largest absolute Gasteiger partial charge is 0.383 e. The molecule has 1 aromatic heterocycles. The van der Waals surface area contributed by atoms with Crippen molar-refractivity contribution in [1.82, 2.24) is 25.5 Å². The number of benzene rings is 2. The number of aliphatic hydroxyl groups is 1. The fraction of sp³-hybridized carbons (Fsp3) is 0.263. The summed E-state index contributed by atoms with van der Waals surface area (Å²) in [4.78, 5) is 12.6. The van der Waals surface area contributed by atoms with Crippen LogP contribution >= 0.6 is 0 Å². The lowest BCUT2D eigenvalue weighted by Crippen LogP contribution is -2.43.